The van der Waals surface area contributed by atoms with Crippen LogP contribution in [0.3, 0.4) is 0 Å². The molecule has 0 aliphatic rings. The summed E-state index contributed by atoms with van der Waals surface area (Å²) in [6.45, 7) is 4.15. The fraction of sp³-hybridized carbons (Fsp3) is 0.462. The zero-order valence-corrected chi connectivity index (χ0v) is 12.1. The van der Waals surface area contributed by atoms with E-state index in [4.69, 9.17) is 4.74 Å². The van der Waals surface area contributed by atoms with Gasteiger partial charge in [-0.05, 0) is 45.2 Å². The molecule has 0 spiro atoms. The molecule has 0 radical (unpaired) electrons. The Morgan fingerprint density at radius 2 is 1.89 bits per heavy atom. The minimum Gasteiger partial charge on any atom is -0.481 e. The van der Waals surface area contributed by atoms with Gasteiger partial charge in [0.2, 0.25) is 0 Å². The number of amides is 1. The highest BCUT2D eigenvalue weighted by Gasteiger charge is 2.14. The van der Waals surface area contributed by atoms with E-state index in [1.807, 2.05) is 14.0 Å². The Balaban J connectivity index is 0.00000324. The summed E-state index contributed by atoms with van der Waals surface area (Å²) in [5.74, 6) is -0.0514. The molecule has 4 nitrogen and oxygen atoms in total. The molecule has 0 aliphatic heterocycles. The second-order valence-corrected chi connectivity index (χ2v) is 4.15. The number of rotatable bonds is 6. The van der Waals surface area contributed by atoms with Crippen LogP contribution >= 0.6 is 12.4 Å². The summed E-state index contributed by atoms with van der Waals surface area (Å²) in [6.07, 6.45) is -0.612. The number of benzene rings is 1. The van der Waals surface area contributed by atoms with E-state index in [-0.39, 0.29) is 30.2 Å². The highest BCUT2D eigenvalue weighted by molar-refractivity contribution is 5.85. The molecular formula is C13H20ClFN2O2. The van der Waals surface area contributed by atoms with Crippen LogP contribution < -0.4 is 15.4 Å². The van der Waals surface area contributed by atoms with Gasteiger partial charge in [-0.1, -0.05) is 0 Å². The van der Waals surface area contributed by atoms with Gasteiger partial charge >= 0.3 is 0 Å². The third-order valence-corrected chi connectivity index (χ3v) is 2.57. The molecule has 19 heavy (non-hydrogen) atoms. The van der Waals surface area contributed by atoms with Crippen LogP contribution in [0.1, 0.15) is 13.8 Å². The van der Waals surface area contributed by atoms with Crippen LogP contribution in [0.5, 0.6) is 5.75 Å². The van der Waals surface area contributed by atoms with Gasteiger partial charge in [0.15, 0.2) is 6.10 Å². The normalized spacial score (nSPS) is 13.1. The summed E-state index contributed by atoms with van der Waals surface area (Å²) < 4.78 is 18.1. The van der Waals surface area contributed by atoms with Crippen LogP contribution in [0.4, 0.5) is 4.39 Å². The van der Waals surface area contributed by atoms with E-state index in [1.165, 1.54) is 24.3 Å². The Morgan fingerprint density at radius 1 is 1.32 bits per heavy atom. The van der Waals surface area contributed by atoms with E-state index in [0.717, 1.165) is 0 Å². The van der Waals surface area contributed by atoms with E-state index in [9.17, 15) is 9.18 Å². The minimum absolute atomic E-state index is 0. The van der Waals surface area contributed by atoms with Gasteiger partial charge in [0.1, 0.15) is 11.6 Å². The van der Waals surface area contributed by atoms with E-state index in [0.29, 0.717) is 12.3 Å². The minimum atomic E-state index is -0.612. The second-order valence-electron chi connectivity index (χ2n) is 4.15. The second kappa shape index (κ2) is 8.72. The maximum Gasteiger partial charge on any atom is 0.260 e. The lowest BCUT2D eigenvalue weighted by atomic mass is 10.3. The van der Waals surface area contributed by atoms with Gasteiger partial charge < -0.3 is 15.4 Å². The Labute approximate surface area is 119 Å². The van der Waals surface area contributed by atoms with Crippen molar-refractivity contribution in [1.82, 2.24) is 10.6 Å². The molecule has 0 heterocycles. The Hall–Kier alpha value is -1.33. The van der Waals surface area contributed by atoms with E-state index < -0.39 is 6.10 Å². The predicted octanol–water partition coefficient (Wildman–Crippen LogP) is 1.74. The van der Waals surface area contributed by atoms with Gasteiger partial charge in [0, 0.05) is 12.6 Å². The molecule has 0 fully saturated rings. The van der Waals surface area contributed by atoms with Gasteiger partial charge in [0.05, 0.1) is 0 Å². The summed E-state index contributed by atoms with van der Waals surface area (Å²) in [6, 6.07) is 5.78. The third kappa shape index (κ3) is 6.40. The molecule has 108 valence electrons. The summed E-state index contributed by atoms with van der Waals surface area (Å²) in [5, 5.41) is 5.78. The van der Waals surface area contributed by atoms with Crippen molar-refractivity contribution in [2.24, 2.45) is 0 Å². The fourth-order valence-electron chi connectivity index (χ4n) is 1.27. The van der Waals surface area contributed by atoms with Crippen molar-refractivity contribution in [3.05, 3.63) is 30.1 Å². The van der Waals surface area contributed by atoms with Crippen molar-refractivity contribution in [3.8, 4) is 5.75 Å². The molecule has 1 rings (SSSR count). The number of halogens is 2. The van der Waals surface area contributed by atoms with Crippen molar-refractivity contribution in [2.75, 3.05) is 13.6 Å². The van der Waals surface area contributed by atoms with Crippen LogP contribution in [-0.2, 0) is 4.79 Å². The highest BCUT2D eigenvalue weighted by Crippen LogP contribution is 2.12. The Bertz CT molecular complexity index is 387. The molecule has 2 N–H and O–H groups in total. The molecule has 0 saturated carbocycles. The largest absolute Gasteiger partial charge is 0.481 e. The number of nitrogens with one attached hydrogen (secondary N) is 2. The monoisotopic (exact) mass is 290 g/mol. The van der Waals surface area contributed by atoms with Crippen LogP contribution in [0.2, 0.25) is 0 Å². The van der Waals surface area contributed by atoms with Crippen molar-refractivity contribution < 1.29 is 13.9 Å². The number of hydrogen-bond acceptors (Lipinski definition) is 3. The van der Waals surface area contributed by atoms with Gasteiger partial charge in [-0.2, -0.15) is 0 Å². The lowest BCUT2D eigenvalue weighted by molar-refractivity contribution is -0.127. The molecule has 0 saturated heterocycles. The zero-order chi connectivity index (χ0) is 13.5. The SMILES string of the molecule is CNC(C)CNC(=O)C(C)Oc1ccc(F)cc1.Cl. The highest BCUT2D eigenvalue weighted by atomic mass is 35.5. The maximum atomic E-state index is 12.7. The molecule has 1 aromatic carbocycles. The smallest absolute Gasteiger partial charge is 0.260 e. The Kier molecular flexibility index (Phi) is 8.11. The van der Waals surface area contributed by atoms with Gasteiger partial charge in [-0.25, -0.2) is 4.39 Å². The first-order chi connectivity index (χ1) is 8.52. The third-order valence-electron chi connectivity index (χ3n) is 2.57. The lowest BCUT2D eigenvalue weighted by Gasteiger charge is -2.16. The standard InChI is InChI=1S/C13H19FN2O2.ClH/c1-9(15-3)8-16-13(17)10(2)18-12-6-4-11(14)5-7-12;/h4-7,9-10,15H,8H2,1-3H3,(H,16,17);1H. The fourth-order valence-corrected chi connectivity index (χ4v) is 1.27. The summed E-state index contributed by atoms with van der Waals surface area (Å²) >= 11 is 0. The molecule has 0 aromatic heterocycles. The quantitative estimate of drug-likeness (QED) is 0.839. The lowest BCUT2D eigenvalue weighted by Crippen LogP contribution is -2.42. The molecule has 1 amide bonds. The number of likely N-dealkylation sites (N-methyl/N-ethyl adjacent to an activating group) is 1. The predicted molar refractivity (Wildman–Crippen MR) is 75.3 cm³/mol. The van der Waals surface area contributed by atoms with E-state index in [2.05, 4.69) is 10.6 Å². The number of hydrogen-bond donors (Lipinski definition) is 2. The van der Waals surface area contributed by atoms with Crippen molar-refractivity contribution >= 4 is 18.3 Å². The summed E-state index contributed by atoms with van der Waals surface area (Å²) in [5.41, 5.74) is 0. The van der Waals surface area contributed by atoms with Crippen LogP contribution in [0.15, 0.2) is 24.3 Å². The summed E-state index contributed by atoms with van der Waals surface area (Å²) in [7, 11) is 1.83. The van der Waals surface area contributed by atoms with Crippen molar-refractivity contribution in [2.45, 2.75) is 26.0 Å². The van der Waals surface area contributed by atoms with E-state index >= 15 is 0 Å². The first-order valence-corrected chi connectivity index (χ1v) is 5.90. The average Bonchev–Trinajstić information content (AvgIpc) is 2.38. The number of carbonyl (C=O) groups excluding carboxylic acids is 1. The molecule has 1 aromatic rings. The van der Waals surface area contributed by atoms with Crippen LogP contribution in [0.25, 0.3) is 0 Å². The van der Waals surface area contributed by atoms with Crippen molar-refractivity contribution in [1.29, 1.82) is 0 Å². The van der Waals surface area contributed by atoms with E-state index in [1.54, 1.807) is 6.92 Å². The number of carbonyl (C=O) groups is 1. The van der Waals surface area contributed by atoms with Gasteiger partial charge in [-0.15, -0.1) is 12.4 Å². The first kappa shape index (κ1) is 17.7. The molecule has 0 aliphatic carbocycles. The first-order valence-electron chi connectivity index (χ1n) is 5.90. The summed E-state index contributed by atoms with van der Waals surface area (Å²) in [4.78, 5) is 11.7. The molecule has 2 atom stereocenters. The van der Waals surface area contributed by atoms with Crippen molar-refractivity contribution in [3.63, 3.8) is 0 Å². The van der Waals surface area contributed by atoms with Crippen LogP contribution in [0, 0.1) is 5.82 Å². The average molecular weight is 291 g/mol. The zero-order valence-electron chi connectivity index (χ0n) is 11.3. The number of ether oxygens (including phenoxy) is 1. The van der Waals surface area contributed by atoms with Gasteiger partial charge in [0.25, 0.3) is 5.91 Å². The molecule has 0 bridgehead atoms. The maximum absolute atomic E-state index is 12.7. The van der Waals surface area contributed by atoms with Crippen LogP contribution in [-0.4, -0.2) is 31.6 Å². The topological polar surface area (TPSA) is 50.4 Å². The molecule has 6 heteroatoms. The van der Waals surface area contributed by atoms with Gasteiger partial charge in [-0.3, -0.25) is 4.79 Å². The Morgan fingerprint density at radius 3 is 2.42 bits per heavy atom. The molecular weight excluding hydrogens is 271 g/mol. The molecule has 2 unspecified atom stereocenters.